The van der Waals surface area contributed by atoms with Crippen molar-refractivity contribution in [3.63, 3.8) is 0 Å². The van der Waals surface area contributed by atoms with Crippen LogP contribution in [0.15, 0.2) is 24.8 Å². The molecule has 1 unspecified atom stereocenters. The molecule has 25 heavy (non-hydrogen) atoms. The van der Waals surface area contributed by atoms with Crippen molar-refractivity contribution in [1.29, 1.82) is 10.5 Å². The zero-order chi connectivity index (χ0) is 17.9. The van der Waals surface area contributed by atoms with Crippen molar-refractivity contribution in [1.82, 2.24) is 20.0 Å². The van der Waals surface area contributed by atoms with Gasteiger partial charge in [-0.25, -0.2) is 15.8 Å². The van der Waals surface area contributed by atoms with Crippen LogP contribution in [0.3, 0.4) is 0 Å². The first-order valence-corrected chi connectivity index (χ1v) is 8.47. The molecule has 128 valence electrons. The summed E-state index contributed by atoms with van der Waals surface area (Å²) in [4.78, 5) is 11.7. The highest BCUT2D eigenvalue weighted by Crippen LogP contribution is 2.44. The average Bonchev–Trinajstić information content (AvgIpc) is 3.36. The molecule has 2 heterocycles. The van der Waals surface area contributed by atoms with Crippen molar-refractivity contribution in [2.45, 2.75) is 44.6 Å². The van der Waals surface area contributed by atoms with Gasteiger partial charge >= 0.3 is 0 Å². The number of nitrogens with one attached hydrogen (secondary N) is 1. The first-order valence-electron chi connectivity index (χ1n) is 8.47. The molecule has 0 aromatic carbocycles. The van der Waals surface area contributed by atoms with Crippen LogP contribution in [-0.4, -0.2) is 25.5 Å². The lowest BCUT2D eigenvalue weighted by atomic mass is 9.90. The third kappa shape index (κ3) is 3.07. The van der Waals surface area contributed by atoms with Crippen molar-refractivity contribution in [2.24, 2.45) is 11.8 Å². The van der Waals surface area contributed by atoms with Crippen molar-refractivity contribution in [2.75, 3.05) is 0 Å². The van der Waals surface area contributed by atoms with E-state index >= 15 is 0 Å². The van der Waals surface area contributed by atoms with Gasteiger partial charge in [-0.05, 0) is 36.8 Å². The molecule has 0 spiro atoms. The topological polar surface area (TPSA) is 118 Å². The summed E-state index contributed by atoms with van der Waals surface area (Å²) in [7, 11) is 0. The van der Waals surface area contributed by atoms with Gasteiger partial charge < -0.3 is 4.98 Å². The summed E-state index contributed by atoms with van der Waals surface area (Å²) < 4.78 is 0. The second kappa shape index (κ2) is 6.92. The van der Waals surface area contributed by atoms with Gasteiger partial charge in [-0.1, -0.05) is 13.3 Å². The number of nitrogens with two attached hydrogens (primary N) is 1. The van der Waals surface area contributed by atoms with E-state index in [1.165, 1.54) is 11.3 Å². The molecule has 1 aliphatic carbocycles. The summed E-state index contributed by atoms with van der Waals surface area (Å²) >= 11 is 0. The molecule has 0 radical (unpaired) electrons. The van der Waals surface area contributed by atoms with E-state index in [0.717, 1.165) is 48.0 Å². The molecule has 0 saturated heterocycles. The largest absolute Gasteiger partial charge is 0.346 e. The van der Waals surface area contributed by atoms with E-state index in [9.17, 15) is 10.5 Å². The van der Waals surface area contributed by atoms with E-state index in [1.807, 2.05) is 12.3 Å². The highest BCUT2D eigenvalue weighted by atomic mass is 15.4. The number of hydrogen-bond acceptors (Lipinski definition) is 6. The van der Waals surface area contributed by atoms with Crippen molar-refractivity contribution in [3.8, 4) is 12.1 Å². The fourth-order valence-corrected chi connectivity index (χ4v) is 3.24. The molecular formula is C18H21N7. The number of nitriles is 2. The van der Waals surface area contributed by atoms with Crippen LogP contribution in [0.2, 0.25) is 0 Å². The maximum absolute atomic E-state index is 9.76. The molecule has 1 fully saturated rings. The molecule has 3 N–H and O–H groups in total. The number of aromatic nitrogens is 3. The van der Waals surface area contributed by atoms with Gasteiger partial charge in [0.2, 0.25) is 0 Å². The number of hydrazine groups is 1. The molecule has 7 nitrogen and oxygen atoms in total. The average molecular weight is 335 g/mol. The zero-order valence-corrected chi connectivity index (χ0v) is 14.2. The van der Waals surface area contributed by atoms with Crippen LogP contribution in [-0.2, 0) is 0 Å². The number of rotatable bonds is 7. The Morgan fingerprint density at radius 3 is 2.92 bits per heavy atom. The lowest BCUT2D eigenvalue weighted by Gasteiger charge is -2.33. The van der Waals surface area contributed by atoms with Crippen LogP contribution >= 0.6 is 0 Å². The minimum absolute atomic E-state index is 0.0872. The summed E-state index contributed by atoms with van der Waals surface area (Å²) in [5, 5.41) is 21.3. The zero-order valence-electron chi connectivity index (χ0n) is 14.2. The molecule has 0 amide bonds. The second-order valence-corrected chi connectivity index (χ2v) is 6.42. The van der Waals surface area contributed by atoms with E-state index in [2.05, 4.69) is 34.0 Å². The van der Waals surface area contributed by atoms with Gasteiger partial charge in [-0.2, -0.15) is 10.5 Å². The summed E-state index contributed by atoms with van der Waals surface area (Å²) in [6.07, 6.45) is 8.75. The Hall–Kier alpha value is -2.90. The third-order valence-electron chi connectivity index (χ3n) is 4.73. The van der Waals surface area contributed by atoms with Crippen LogP contribution in [0, 0.1) is 28.6 Å². The van der Waals surface area contributed by atoms with Gasteiger partial charge in [0, 0.05) is 17.8 Å². The van der Waals surface area contributed by atoms with Crippen LogP contribution in [0.4, 0.5) is 0 Å². The van der Waals surface area contributed by atoms with Gasteiger partial charge in [-0.3, -0.25) is 5.01 Å². The molecular weight excluding hydrogens is 314 g/mol. The minimum atomic E-state index is -0.974. The fourth-order valence-electron chi connectivity index (χ4n) is 3.24. The molecule has 1 aliphatic rings. The highest BCUT2D eigenvalue weighted by molar-refractivity contribution is 5.87. The van der Waals surface area contributed by atoms with Crippen molar-refractivity contribution in [3.05, 3.63) is 30.5 Å². The molecule has 1 saturated carbocycles. The number of allylic oxidation sites excluding steroid dienone is 1. The lowest BCUT2D eigenvalue weighted by Crippen LogP contribution is -2.50. The SMILES string of the molecule is CCC/C(=C\N(N)C(C#N)(CC#N)C1CC1)c1ncnc2[nH]ccc12. The molecule has 1 atom stereocenters. The van der Waals surface area contributed by atoms with Crippen LogP contribution < -0.4 is 5.84 Å². The van der Waals surface area contributed by atoms with E-state index in [0.29, 0.717) is 0 Å². The first-order chi connectivity index (χ1) is 12.2. The minimum Gasteiger partial charge on any atom is -0.346 e. The standard InChI is InChI=1S/C18H21N7/c1-2-3-13(16-15-6-9-22-17(15)24-12-23-16)10-25(21)18(11-20,7-8-19)14-4-5-14/h6,9-10,12,14H,2-5,7,21H2,1H3,(H,22,23,24)/b13-10+. The third-order valence-corrected chi connectivity index (χ3v) is 4.73. The molecule has 2 aromatic heterocycles. The number of fused-ring (bicyclic) bond motifs is 1. The van der Waals surface area contributed by atoms with Crippen molar-refractivity contribution < 1.29 is 0 Å². The Balaban J connectivity index is 2.04. The summed E-state index contributed by atoms with van der Waals surface area (Å²) in [6, 6.07) is 6.37. The number of nitrogens with zero attached hydrogens (tertiary/aromatic N) is 5. The Labute approximate surface area is 146 Å². The molecule has 0 aliphatic heterocycles. The maximum atomic E-state index is 9.76. The molecule has 2 aromatic rings. The Kier molecular flexibility index (Phi) is 4.69. The Morgan fingerprint density at radius 2 is 2.28 bits per heavy atom. The molecule has 3 rings (SSSR count). The molecule has 0 bridgehead atoms. The number of H-pyrrole nitrogens is 1. The van der Waals surface area contributed by atoms with Crippen LogP contribution in [0.5, 0.6) is 0 Å². The van der Waals surface area contributed by atoms with Gasteiger partial charge in [0.15, 0.2) is 5.54 Å². The van der Waals surface area contributed by atoms with Crippen molar-refractivity contribution >= 4 is 16.6 Å². The fraction of sp³-hybridized carbons (Fsp3) is 0.444. The normalized spacial score (nSPS) is 16.9. The van der Waals surface area contributed by atoms with Gasteiger partial charge in [-0.15, -0.1) is 0 Å². The summed E-state index contributed by atoms with van der Waals surface area (Å²) in [6.45, 7) is 2.08. The Morgan fingerprint density at radius 1 is 1.48 bits per heavy atom. The lowest BCUT2D eigenvalue weighted by molar-refractivity contribution is 0.184. The first kappa shape index (κ1) is 16.9. The molecule has 7 heteroatoms. The monoisotopic (exact) mass is 335 g/mol. The van der Waals surface area contributed by atoms with E-state index < -0.39 is 5.54 Å². The quantitative estimate of drug-likeness (QED) is 0.593. The van der Waals surface area contributed by atoms with Crippen LogP contribution in [0.1, 0.15) is 44.7 Å². The number of aromatic amines is 1. The summed E-state index contributed by atoms with van der Waals surface area (Å²) in [5.41, 5.74) is 1.54. The van der Waals surface area contributed by atoms with E-state index in [4.69, 9.17) is 5.84 Å². The highest BCUT2D eigenvalue weighted by Gasteiger charge is 2.49. The predicted molar refractivity (Wildman–Crippen MR) is 94.1 cm³/mol. The summed E-state index contributed by atoms with van der Waals surface area (Å²) in [5.74, 6) is 6.45. The van der Waals surface area contributed by atoms with E-state index in [-0.39, 0.29) is 12.3 Å². The van der Waals surface area contributed by atoms with Gasteiger partial charge in [0.1, 0.15) is 12.0 Å². The number of hydrogen-bond donors (Lipinski definition) is 2. The van der Waals surface area contributed by atoms with Crippen LogP contribution in [0.25, 0.3) is 16.6 Å². The maximum Gasteiger partial charge on any atom is 0.157 e. The van der Waals surface area contributed by atoms with E-state index in [1.54, 1.807) is 6.20 Å². The second-order valence-electron chi connectivity index (χ2n) is 6.42. The Bertz CT molecular complexity index is 865. The van der Waals surface area contributed by atoms with Gasteiger partial charge in [0.25, 0.3) is 0 Å². The predicted octanol–water partition coefficient (Wildman–Crippen LogP) is 2.86. The van der Waals surface area contributed by atoms with Gasteiger partial charge in [0.05, 0.1) is 24.3 Å². The smallest absolute Gasteiger partial charge is 0.157 e.